The maximum Gasteiger partial charge on any atom is 0.142 e. The van der Waals surface area contributed by atoms with E-state index in [1.54, 1.807) is 0 Å². The standard InChI is InChI=1S/C7H4FNS/c8-5-3-7-6(9-4-5)1-2-10-7/h1-4H. The molecule has 0 aliphatic rings. The van der Waals surface area contributed by atoms with Gasteiger partial charge in [0, 0.05) is 0 Å². The summed E-state index contributed by atoms with van der Waals surface area (Å²) in [6.45, 7) is 0. The van der Waals surface area contributed by atoms with Crippen LogP contribution in [0.25, 0.3) is 10.2 Å². The normalized spacial score (nSPS) is 10.5. The van der Waals surface area contributed by atoms with Gasteiger partial charge < -0.3 is 0 Å². The first-order chi connectivity index (χ1) is 4.86. The minimum Gasteiger partial charge on any atom is -0.252 e. The van der Waals surface area contributed by atoms with Crippen LogP contribution in [-0.4, -0.2) is 4.98 Å². The van der Waals surface area contributed by atoms with Crippen molar-refractivity contribution in [2.75, 3.05) is 0 Å². The second-order valence-electron chi connectivity index (χ2n) is 1.96. The van der Waals surface area contributed by atoms with E-state index in [4.69, 9.17) is 0 Å². The highest BCUT2D eigenvalue weighted by atomic mass is 32.1. The predicted molar refractivity (Wildman–Crippen MR) is 39.6 cm³/mol. The molecule has 0 N–H and O–H groups in total. The smallest absolute Gasteiger partial charge is 0.142 e. The van der Waals surface area contributed by atoms with Crippen LogP contribution in [0.4, 0.5) is 4.39 Å². The fraction of sp³-hybridized carbons (Fsp3) is 0. The zero-order chi connectivity index (χ0) is 6.97. The van der Waals surface area contributed by atoms with Gasteiger partial charge in [-0.3, -0.25) is 4.98 Å². The van der Waals surface area contributed by atoms with Crippen molar-refractivity contribution in [2.45, 2.75) is 0 Å². The molecule has 3 heteroatoms. The zero-order valence-corrected chi connectivity index (χ0v) is 5.86. The van der Waals surface area contributed by atoms with Crippen LogP contribution in [0.15, 0.2) is 23.7 Å². The molecule has 0 saturated carbocycles. The zero-order valence-electron chi connectivity index (χ0n) is 5.04. The molecule has 0 aromatic carbocycles. The predicted octanol–water partition coefficient (Wildman–Crippen LogP) is 2.44. The molecular formula is C7H4FNS. The van der Waals surface area contributed by atoms with Crippen molar-refractivity contribution in [3.63, 3.8) is 0 Å². The lowest BCUT2D eigenvalue weighted by molar-refractivity contribution is 0.624. The molecule has 2 rings (SSSR count). The SMILES string of the molecule is Fc1cnc2ccsc2c1. The van der Waals surface area contributed by atoms with Gasteiger partial charge in [-0.1, -0.05) is 0 Å². The maximum absolute atomic E-state index is 12.5. The van der Waals surface area contributed by atoms with Crippen molar-refractivity contribution < 1.29 is 4.39 Å². The lowest BCUT2D eigenvalue weighted by Gasteiger charge is -1.86. The van der Waals surface area contributed by atoms with E-state index in [-0.39, 0.29) is 5.82 Å². The van der Waals surface area contributed by atoms with Crippen molar-refractivity contribution in [1.82, 2.24) is 4.98 Å². The minimum absolute atomic E-state index is 0.269. The molecule has 2 aromatic heterocycles. The summed E-state index contributed by atoms with van der Waals surface area (Å²) in [5.74, 6) is -0.269. The third-order valence-electron chi connectivity index (χ3n) is 1.27. The quantitative estimate of drug-likeness (QED) is 0.566. The second kappa shape index (κ2) is 2.02. The Morgan fingerprint density at radius 1 is 1.50 bits per heavy atom. The van der Waals surface area contributed by atoms with Crippen LogP contribution in [0.1, 0.15) is 0 Å². The van der Waals surface area contributed by atoms with E-state index in [1.165, 1.54) is 23.6 Å². The molecule has 2 aromatic rings. The molecule has 0 spiro atoms. The molecule has 0 unspecified atom stereocenters. The average Bonchev–Trinajstić information content (AvgIpc) is 2.33. The van der Waals surface area contributed by atoms with Gasteiger partial charge in [0.25, 0.3) is 0 Å². The fourth-order valence-corrected chi connectivity index (χ4v) is 1.59. The van der Waals surface area contributed by atoms with Crippen molar-refractivity contribution >= 4 is 21.6 Å². The molecule has 50 valence electrons. The summed E-state index contributed by atoms with van der Waals surface area (Å²) in [6, 6.07) is 3.37. The molecule has 0 aliphatic carbocycles. The largest absolute Gasteiger partial charge is 0.252 e. The van der Waals surface area contributed by atoms with Crippen LogP contribution < -0.4 is 0 Å². The van der Waals surface area contributed by atoms with Crippen molar-refractivity contribution in [3.05, 3.63) is 29.5 Å². The number of nitrogens with zero attached hydrogens (tertiary/aromatic N) is 1. The number of halogens is 1. The summed E-state index contributed by atoms with van der Waals surface area (Å²) in [7, 11) is 0. The van der Waals surface area contributed by atoms with Crippen LogP contribution in [0.2, 0.25) is 0 Å². The van der Waals surface area contributed by atoms with E-state index in [1.807, 2.05) is 11.4 Å². The first-order valence-electron chi connectivity index (χ1n) is 2.85. The van der Waals surface area contributed by atoms with Gasteiger partial charge in [-0.25, -0.2) is 4.39 Å². The van der Waals surface area contributed by atoms with Crippen molar-refractivity contribution in [1.29, 1.82) is 0 Å². The first-order valence-corrected chi connectivity index (χ1v) is 3.73. The van der Waals surface area contributed by atoms with Crippen molar-refractivity contribution in [3.8, 4) is 0 Å². The van der Waals surface area contributed by atoms with Gasteiger partial charge in [0.15, 0.2) is 0 Å². The number of hydrogen-bond acceptors (Lipinski definition) is 2. The molecule has 0 amide bonds. The monoisotopic (exact) mass is 153 g/mol. The Kier molecular flexibility index (Phi) is 1.17. The Labute approximate surface area is 61.1 Å². The van der Waals surface area contributed by atoms with E-state index >= 15 is 0 Å². The van der Waals surface area contributed by atoms with Crippen molar-refractivity contribution in [2.24, 2.45) is 0 Å². The summed E-state index contributed by atoms with van der Waals surface area (Å²) in [4.78, 5) is 3.88. The van der Waals surface area contributed by atoms with E-state index < -0.39 is 0 Å². The third-order valence-corrected chi connectivity index (χ3v) is 2.12. The summed E-state index contributed by atoms with van der Waals surface area (Å²) >= 11 is 1.50. The molecule has 0 atom stereocenters. The highest BCUT2D eigenvalue weighted by molar-refractivity contribution is 7.17. The number of fused-ring (bicyclic) bond motifs is 1. The molecule has 0 saturated heterocycles. The van der Waals surface area contributed by atoms with Gasteiger partial charge in [-0.15, -0.1) is 11.3 Å². The Morgan fingerprint density at radius 2 is 2.40 bits per heavy atom. The van der Waals surface area contributed by atoms with Crippen LogP contribution in [0, 0.1) is 5.82 Å². The number of aromatic nitrogens is 1. The number of thiophene rings is 1. The average molecular weight is 153 g/mol. The van der Waals surface area contributed by atoms with Crippen LogP contribution in [0.3, 0.4) is 0 Å². The molecule has 0 radical (unpaired) electrons. The summed E-state index contributed by atoms with van der Waals surface area (Å²) in [5, 5.41) is 1.90. The summed E-state index contributed by atoms with van der Waals surface area (Å²) in [6.07, 6.45) is 1.23. The lowest BCUT2D eigenvalue weighted by Crippen LogP contribution is -1.74. The van der Waals surface area contributed by atoms with E-state index in [2.05, 4.69) is 4.98 Å². The maximum atomic E-state index is 12.5. The molecule has 2 heterocycles. The van der Waals surface area contributed by atoms with E-state index in [0.29, 0.717) is 0 Å². The summed E-state index contributed by atoms with van der Waals surface area (Å²) in [5.41, 5.74) is 0.867. The van der Waals surface area contributed by atoms with Crippen LogP contribution in [-0.2, 0) is 0 Å². The Balaban J connectivity index is 2.86. The molecule has 0 bridgehead atoms. The molecule has 0 aliphatic heterocycles. The molecule has 0 fully saturated rings. The Hall–Kier alpha value is -0.960. The lowest BCUT2D eigenvalue weighted by atomic mass is 10.4. The summed E-state index contributed by atoms with van der Waals surface area (Å²) < 4.78 is 13.4. The van der Waals surface area contributed by atoms with Crippen LogP contribution >= 0.6 is 11.3 Å². The van der Waals surface area contributed by atoms with Gasteiger partial charge >= 0.3 is 0 Å². The first kappa shape index (κ1) is 5.80. The Bertz CT molecular complexity index is 355. The fourth-order valence-electron chi connectivity index (χ4n) is 0.823. The van der Waals surface area contributed by atoms with Gasteiger partial charge in [0.1, 0.15) is 5.82 Å². The highest BCUT2D eigenvalue weighted by Crippen LogP contribution is 2.18. The van der Waals surface area contributed by atoms with Gasteiger partial charge in [0.2, 0.25) is 0 Å². The van der Waals surface area contributed by atoms with Gasteiger partial charge in [-0.05, 0) is 17.5 Å². The third kappa shape index (κ3) is 0.789. The Morgan fingerprint density at radius 3 is 3.30 bits per heavy atom. The molecule has 1 nitrogen and oxygen atoms in total. The number of rotatable bonds is 0. The highest BCUT2D eigenvalue weighted by Gasteiger charge is 1.95. The molecule has 10 heavy (non-hydrogen) atoms. The minimum atomic E-state index is -0.269. The van der Waals surface area contributed by atoms with E-state index in [9.17, 15) is 4.39 Å². The van der Waals surface area contributed by atoms with E-state index in [0.717, 1.165) is 10.2 Å². The topological polar surface area (TPSA) is 12.9 Å². The van der Waals surface area contributed by atoms with Gasteiger partial charge in [0.05, 0.1) is 16.4 Å². The second-order valence-corrected chi connectivity index (χ2v) is 2.91. The van der Waals surface area contributed by atoms with Crippen LogP contribution in [0.5, 0.6) is 0 Å². The van der Waals surface area contributed by atoms with Gasteiger partial charge in [-0.2, -0.15) is 0 Å². The number of hydrogen-bond donors (Lipinski definition) is 0. The molecular weight excluding hydrogens is 149 g/mol. The number of pyridine rings is 1.